The van der Waals surface area contributed by atoms with Gasteiger partial charge in [0.15, 0.2) is 9.84 Å². The van der Waals surface area contributed by atoms with Gasteiger partial charge in [-0.15, -0.1) is 0 Å². The Morgan fingerprint density at radius 2 is 1.68 bits per heavy atom. The molecule has 0 N–H and O–H groups in total. The van der Waals surface area contributed by atoms with Gasteiger partial charge in [-0.25, -0.2) is 12.8 Å². The average Bonchev–Trinajstić information content (AvgIpc) is 2.33. The topological polar surface area (TPSA) is 34.1 Å². The van der Waals surface area contributed by atoms with E-state index >= 15 is 0 Å². The zero-order valence-corrected chi connectivity index (χ0v) is 12.4. The van der Waals surface area contributed by atoms with Crippen LogP contribution in [0.25, 0.3) is 0 Å². The molecule has 0 aliphatic rings. The van der Waals surface area contributed by atoms with E-state index in [1.54, 1.807) is 30.3 Å². The molecule has 5 heteroatoms. The van der Waals surface area contributed by atoms with E-state index in [9.17, 15) is 12.8 Å². The molecule has 0 spiro atoms. The van der Waals surface area contributed by atoms with Gasteiger partial charge < -0.3 is 0 Å². The first kappa shape index (κ1) is 14.2. The fourth-order valence-electron chi connectivity index (χ4n) is 1.75. The zero-order chi connectivity index (χ0) is 13.9. The summed E-state index contributed by atoms with van der Waals surface area (Å²) in [4.78, 5) is 0. The molecule has 0 fully saturated rings. The standard InChI is InChI=1S/C14H12BrFO2S/c15-13-7-6-12(14(16)8-13)10-19(17,18)9-11-4-2-1-3-5-11/h1-8H,9-10H2. The van der Waals surface area contributed by atoms with Crippen LogP contribution < -0.4 is 0 Å². The van der Waals surface area contributed by atoms with Crippen molar-refractivity contribution >= 4 is 25.8 Å². The van der Waals surface area contributed by atoms with Crippen LogP contribution in [-0.4, -0.2) is 8.42 Å². The molecule has 19 heavy (non-hydrogen) atoms. The van der Waals surface area contributed by atoms with Gasteiger partial charge in [-0.05, 0) is 17.7 Å². The molecule has 2 rings (SSSR count). The van der Waals surface area contributed by atoms with Gasteiger partial charge in [-0.3, -0.25) is 0 Å². The third-order valence-electron chi connectivity index (χ3n) is 2.62. The molecule has 0 bridgehead atoms. The summed E-state index contributed by atoms with van der Waals surface area (Å²) in [5.74, 6) is -0.879. The second-order valence-electron chi connectivity index (χ2n) is 4.25. The van der Waals surface area contributed by atoms with E-state index in [2.05, 4.69) is 15.9 Å². The first-order valence-corrected chi connectivity index (χ1v) is 8.26. The first-order chi connectivity index (χ1) is 8.96. The molecule has 0 aromatic heterocycles. The van der Waals surface area contributed by atoms with Crippen molar-refractivity contribution in [3.63, 3.8) is 0 Å². The molecule has 100 valence electrons. The lowest BCUT2D eigenvalue weighted by Gasteiger charge is -2.06. The predicted molar refractivity (Wildman–Crippen MR) is 76.9 cm³/mol. The molecule has 0 radical (unpaired) electrons. The largest absolute Gasteiger partial charge is 0.228 e. The maximum atomic E-state index is 13.6. The van der Waals surface area contributed by atoms with E-state index in [-0.39, 0.29) is 17.1 Å². The lowest BCUT2D eigenvalue weighted by atomic mass is 10.2. The predicted octanol–water partition coefficient (Wildman–Crippen LogP) is 3.70. The van der Waals surface area contributed by atoms with E-state index in [0.29, 0.717) is 10.0 Å². The highest BCUT2D eigenvalue weighted by molar-refractivity contribution is 9.10. The third kappa shape index (κ3) is 4.14. The Bertz CT molecular complexity index is 669. The van der Waals surface area contributed by atoms with Crippen LogP contribution in [0.4, 0.5) is 4.39 Å². The minimum atomic E-state index is -3.38. The van der Waals surface area contributed by atoms with Gasteiger partial charge in [-0.2, -0.15) is 0 Å². The molecule has 0 heterocycles. The molecular weight excluding hydrogens is 331 g/mol. The van der Waals surface area contributed by atoms with Crippen LogP contribution in [0.5, 0.6) is 0 Å². The SMILES string of the molecule is O=S(=O)(Cc1ccccc1)Cc1ccc(Br)cc1F. The second-order valence-corrected chi connectivity index (χ2v) is 7.23. The lowest BCUT2D eigenvalue weighted by Crippen LogP contribution is -2.08. The van der Waals surface area contributed by atoms with Gasteiger partial charge in [0.1, 0.15) is 5.82 Å². The monoisotopic (exact) mass is 342 g/mol. The van der Waals surface area contributed by atoms with Crippen molar-refractivity contribution in [2.45, 2.75) is 11.5 Å². The molecule has 2 nitrogen and oxygen atoms in total. The molecule has 0 aliphatic carbocycles. The van der Waals surface area contributed by atoms with Crippen molar-refractivity contribution in [2.24, 2.45) is 0 Å². The van der Waals surface area contributed by atoms with Gasteiger partial charge in [0.25, 0.3) is 0 Å². The number of sulfone groups is 1. The smallest absolute Gasteiger partial charge is 0.158 e. The van der Waals surface area contributed by atoms with Crippen molar-refractivity contribution < 1.29 is 12.8 Å². The number of halogens is 2. The maximum absolute atomic E-state index is 13.6. The van der Waals surface area contributed by atoms with E-state index in [1.165, 1.54) is 12.1 Å². The number of hydrogen-bond donors (Lipinski definition) is 0. The Morgan fingerprint density at radius 3 is 2.32 bits per heavy atom. The van der Waals surface area contributed by atoms with Crippen molar-refractivity contribution in [3.05, 3.63) is 69.9 Å². The van der Waals surface area contributed by atoms with Crippen LogP contribution in [-0.2, 0) is 21.3 Å². The molecule has 0 saturated carbocycles. The summed E-state index contributed by atoms with van der Waals surface area (Å²) in [6.07, 6.45) is 0. The Hall–Kier alpha value is -1.20. The Balaban J connectivity index is 2.17. The minimum absolute atomic E-state index is 0.0800. The molecule has 0 amide bonds. The summed E-state index contributed by atoms with van der Waals surface area (Å²) in [6.45, 7) is 0. The Kier molecular flexibility index (Phi) is 4.37. The van der Waals surface area contributed by atoms with Crippen LogP contribution in [0.2, 0.25) is 0 Å². The number of hydrogen-bond acceptors (Lipinski definition) is 2. The van der Waals surface area contributed by atoms with E-state index in [1.807, 2.05) is 6.07 Å². The molecule has 0 aliphatic heterocycles. The molecule has 2 aromatic carbocycles. The zero-order valence-electron chi connectivity index (χ0n) is 10.0. The van der Waals surface area contributed by atoms with E-state index in [0.717, 1.165) is 0 Å². The van der Waals surface area contributed by atoms with Gasteiger partial charge in [0, 0.05) is 10.0 Å². The van der Waals surface area contributed by atoms with Crippen LogP contribution in [0.15, 0.2) is 53.0 Å². The van der Waals surface area contributed by atoms with Crippen LogP contribution in [0, 0.1) is 5.82 Å². The van der Waals surface area contributed by atoms with Crippen LogP contribution >= 0.6 is 15.9 Å². The highest BCUT2D eigenvalue weighted by Gasteiger charge is 2.15. The average molecular weight is 343 g/mol. The molecule has 0 saturated heterocycles. The van der Waals surface area contributed by atoms with Crippen molar-refractivity contribution in [2.75, 3.05) is 0 Å². The number of benzene rings is 2. The van der Waals surface area contributed by atoms with E-state index in [4.69, 9.17) is 0 Å². The number of rotatable bonds is 4. The second kappa shape index (κ2) is 5.84. The lowest BCUT2D eigenvalue weighted by molar-refractivity contribution is 0.586. The summed E-state index contributed by atoms with van der Waals surface area (Å²) < 4.78 is 38.3. The summed E-state index contributed by atoms with van der Waals surface area (Å²) in [5, 5.41) is 0. The highest BCUT2D eigenvalue weighted by atomic mass is 79.9. The normalized spacial score (nSPS) is 11.5. The van der Waals surface area contributed by atoms with Gasteiger partial charge >= 0.3 is 0 Å². The summed E-state index contributed by atoms with van der Waals surface area (Å²) in [7, 11) is -3.38. The van der Waals surface area contributed by atoms with Crippen LogP contribution in [0.3, 0.4) is 0 Å². The Morgan fingerprint density at radius 1 is 1.00 bits per heavy atom. The summed E-state index contributed by atoms with van der Waals surface area (Å²) in [5.41, 5.74) is 0.902. The molecular formula is C14H12BrFO2S. The van der Waals surface area contributed by atoms with E-state index < -0.39 is 15.7 Å². The van der Waals surface area contributed by atoms with Gasteiger partial charge in [0.05, 0.1) is 11.5 Å². The third-order valence-corrected chi connectivity index (χ3v) is 4.64. The van der Waals surface area contributed by atoms with Crippen molar-refractivity contribution in [1.82, 2.24) is 0 Å². The molecule has 2 aromatic rings. The van der Waals surface area contributed by atoms with Gasteiger partial charge in [0.2, 0.25) is 0 Å². The quantitative estimate of drug-likeness (QED) is 0.848. The minimum Gasteiger partial charge on any atom is -0.228 e. The first-order valence-electron chi connectivity index (χ1n) is 5.64. The van der Waals surface area contributed by atoms with Crippen LogP contribution in [0.1, 0.15) is 11.1 Å². The summed E-state index contributed by atoms with van der Waals surface area (Å²) >= 11 is 3.14. The maximum Gasteiger partial charge on any atom is 0.158 e. The molecule has 0 atom stereocenters. The van der Waals surface area contributed by atoms with Gasteiger partial charge in [-0.1, -0.05) is 52.3 Å². The summed E-state index contributed by atoms with van der Waals surface area (Å²) in [6, 6.07) is 13.3. The fourth-order valence-corrected chi connectivity index (χ4v) is 3.60. The van der Waals surface area contributed by atoms with Crippen molar-refractivity contribution in [1.29, 1.82) is 0 Å². The fraction of sp³-hybridized carbons (Fsp3) is 0.143. The highest BCUT2D eigenvalue weighted by Crippen LogP contribution is 2.19. The Labute approximate surface area is 120 Å². The van der Waals surface area contributed by atoms with Crippen molar-refractivity contribution in [3.8, 4) is 0 Å². The molecule has 0 unspecified atom stereocenters.